The van der Waals surface area contributed by atoms with Crippen LogP contribution in [0.3, 0.4) is 0 Å². The minimum Gasteiger partial charge on any atom is -0.367 e. The van der Waals surface area contributed by atoms with E-state index < -0.39 is 10.0 Å². The number of amides is 1. The largest absolute Gasteiger partial charge is 0.367 e. The highest BCUT2D eigenvalue weighted by Crippen LogP contribution is 2.61. The van der Waals surface area contributed by atoms with E-state index in [2.05, 4.69) is 10.2 Å². The van der Waals surface area contributed by atoms with E-state index in [9.17, 15) is 13.2 Å². The molecule has 30 heavy (non-hydrogen) atoms. The summed E-state index contributed by atoms with van der Waals surface area (Å²) in [4.78, 5) is 15.3. The van der Waals surface area contributed by atoms with Gasteiger partial charge in [-0.05, 0) is 73.8 Å². The number of carbonyl (C=O) groups excluding carboxylic acids is 1. The van der Waals surface area contributed by atoms with Gasteiger partial charge in [-0.3, -0.25) is 4.79 Å². The average molecular weight is 432 g/mol. The number of benzene rings is 1. The Morgan fingerprint density at radius 1 is 1.00 bits per heavy atom. The summed E-state index contributed by atoms with van der Waals surface area (Å²) in [5.41, 5.74) is 2.07. The molecule has 5 aliphatic rings. The maximum Gasteiger partial charge on any atom is 0.224 e. The number of nitrogens with zero attached hydrogens (tertiary/aromatic N) is 2. The zero-order valence-corrected chi connectivity index (χ0v) is 18.7. The SMILES string of the molecule is CS(=O)(=O)N1CCN(c2ccccc2NC(=O)CC23CC4CC(CC(C4)C2)C3)CC1. The Labute approximate surface area is 180 Å². The number of piperazine rings is 1. The number of hydrogen-bond acceptors (Lipinski definition) is 4. The van der Waals surface area contributed by atoms with Gasteiger partial charge in [-0.1, -0.05) is 12.1 Å². The highest BCUT2D eigenvalue weighted by atomic mass is 32.2. The molecule has 0 aromatic heterocycles. The maximum absolute atomic E-state index is 13.1. The van der Waals surface area contributed by atoms with Crippen molar-refractivity contribution >= 4 is 27.3 Å². The van der Waals surface area contributed by atoms with Crippen molar-refractivity contribution in [1.29, 1.82) is 0 Å². The van der Waals surface area contributed by atoms with Crippen LogP contribution in [0.4, 0.5) is 11.4 Å². The van der Waals surface area contributed by atoms with Gasteiger partial charge in [0.25, 0.3) is 0 Å². The molecule has 1 aromatic carbocycles. The Kier molecular flexibility index (Phi) is 5.09. The molecular formula is C23H33N3O3S. The van der Waals surface area contributed by atoms with Crippen LogP contribution in [-0.2, 0) is 14.8 Å². The van der Waals surface area contributed by atoms with Gasteiger partial charge in [-0.2, -0.15) is 4.31 Å². The highest BCUT2D eigenvalue weighted by Gasteiger charge is 2.51. The van der Waals surface area contributed by atoms with E-state index in [1.54, 1.807) is 0 Å². The van der Waals surface area contributed by atoms with Crippen LogP contribution in [0.2, 0.25) is 0 Å². The summed E-state index contributed by atoms with van der Waals surface area (Å²) in [6, 6.07) is 7.93. The Balaban J connectivity index is 1.26. The van der Waals surface area contributed by atoms with E-state index in [1.807, 2.05) is 24.3 Å². The van der Waals surface area contributed by atoms with Gasteiger partial charge in [0.1, 0.15) is 0 Å². The second kappa shape index (κ2) is 7.52. The summed E-state index contributed by atoms with van der Waals surface area (Å²) >= 11 is 0. The number of anilines is 2. The van der Waals surface area contributed by atoms with Crippen molar-refractivity contribution in [2.75, 3.05) is 42.7 Å². The molecule has 164 valence electrons. The van der Waals surface area contributed by atoms with Gasteiger partial charge < -0.3 is 10.2 Å². The van der Waals surface area contributed by atoms with E-state index in [0.29, 0.717) is 32.6 Å². The normalized spacial score (nSPS) is 33.6. The maximum atomic E-state index is 13.1. The smallest absolute Gasteiger partial charge is 0.224 e. The molecule has 0 radical (unpaired) electrons. The minimum atomic E-state index is -3.15. The summed E-state index contributed by atoms with van der Waals surface area (Å²) in [5.74, 6) is 2.69. The van der Waals surface area contributed by atoms with Crippen molar-refractivity contribution < 1.29 is 13.2 Å². The zero-order valence-electron chi connectivity index (χ0n) is 17.8. The number of rotatable bonds is 5. The number of sulfonamides is 1. The van der Waals surface area contributed by atoms with Crippen molar-refractivity contribution in [2.45, 2.75) is 44.9 Å². The Hall–Kier alpha value is -1.60. The molecule has 0 atom stereocenters. The minimum absolute atomic E-state index is 0.138. The summed E-state index contributed by atoms with van der Waals surface area (Å²) in [6.45, 7) is 2.23. The van der Waals surface area contributed by atoms with Crippen molar-refractivity contribution in [1.82, 2.24) is 4.31 Å². The van der Waals surface area contributed by atoms with Gasteiger partial charge in [0, 0.05) is 32.6 Å². The number of hydrogen-bond donors (Lipinski definition) is 1. The van der Waals surface area contributed by atoms with Crippen LogP contribution in [0.1, 0.15) is 44.9 Å². The Morgan fingerprint density at radius 3 is 2.13 bits per heavy atom. The lowest BCUT2D eigenvalue weighted by atomic mass is 9.49. The monoisotopic (exact) mass is 431 g/mol. The molecular weight excluding hydrogens is 398 g/mol. The predicted molar refractivity (Wildman–Crippen MR) is 119 cm³/mol. The van der Waals surface area contributed by atoms with Gasteiger partial charge in [-0.25, -0.2) is 8.42 Å². The molecule has 1 N–H and O–H groups in total. The van der Waals surface area contributed by atoms with E-state index in [1.165, 1.54) is 49.1 Å². The van der Waals surface area contributed by atoms with Crippen molar-refractivity contribution in [2.24, 2.45) is 23.2 Å². The molecule has 0 unspecified atom stereocenters. The van der Waals surface area contributed by atoms with Crippen LogP contribution in [0.15, 0.2) is 24.3 Å². The van der Waals surface area contributed by atoms with Crippen molar-refractivity contribution in [3.05, 3.63) is 24.3 Å². The van der Waals surface area contributed by atoms with Crippen molar-refractivity contribution in [3.8, 4) is 0 Å². The first kappa shape index (κ1) is 20.3. The fraction of sp³-hybridized carbons (Fsp3) is 0.696. The fourth-order valence-corrected chi connectivity index (χ4v) is 7.98. The lowest BCUT2D eigenvalue weighted by molar-refractivity contribution is -0.124. The van der Waals surface area contributed by atoms with E-state index in [4.69, 9.17) is 0 Å². The van der Waals surface area contributed by atoms with Gasteiger partial charge in [-0.15, -0.1) is 0 Å². The molecule has 6 rings (SSSR count). The molecule has 0 spiro atoms. The van der Waals surface area contributed by atoms with Gasteiger partial charge in [0.05, 0.1) is 17.6 Å². The van der Waals surface area contributed by atoms with Gasteiger partial charge >= 0.3 is 0 Å². The fourth-order valence-electron chi connectivity index (χ4n) is 7.16. The highest BCUT2D eigenvalue weighted by molar-refractivity contribution is 7.88. The van der Waals surface area contributed by atoms with E-state index in [0.717, 1.165) is 29.1 Å². The standard InChI is InChI=1S/C23H33N3O3S/c1-30(28,29)26-8-6-25(7-9-26)21-5-3-2-4-20(21)24-22(27)16-23-13-17-10-18(14-23)12-19(11-17)15-23/h2-5,17-19H,6-16H2,1H3,(H,24,27). The van der Waals surface area contributed by atoms with Crippen LogP contribution in [0, 0.1) is 23.2 Å². The van der Waals surface area contributed by atoms with E-state index >= 15 is 0 Å². The molecule has 1 amide bonds. The Morgan fingerprint density at radius 2 is 1.57 bits per heavy atom. The zero-order chi connectivity index (χ0) is 20.9. The van der Waals surface area contributed by atoms with Crippen LogP contribution in [0.5, 0.6) is 0 Å². The second-order valence-electron chi connectivity index (χ2n) is 10.3. The van der Waals surface area contributed by atoms with E-state index in [-0.39, 0.29) is 11.3 Å². The molecule has 5 fully saturated rings. The second-order valence-corrected chi connectivity index (χ2v) is 12.3. The van der Waals surface area contributed by atoms with Crippen LogP contribution in [-0.4, -0.2) is 51.1 Å². The third kappa shape index (κ3) is 3.98. The molecule has 6 nitrogen and oxygen atoms in total. The Bertz CT molecular complexity index is 886. The third-order valence-corrected chi connectivity index (χ3v) is 9.23. The van der Waals surface area contributed by atoms with Gasteiger partial charge in [0.15, 0.2) is 0 Å². The predicted octanol–water partition coefficient (Wildman–Crippen LogP) is 3.31. The average Bonchev–Trinajstić information content (AvgIpc) is 2.66. The van der Waals surface area contributed by atoms with Crippen molar-refractivity contribution in [3.63, 3.8) is 0 Å². The van der Waals surface area contributed by atoms with Crippen LogP contribution in [0.25, 0.3) is 0 Å². The first-order chi connectivity index (χ1) is 14.3. The first-order valence-electron chi connectivity index (χ1n) is 11.4. The summed E-state index contributed by atoms with van der Waals surface area (Å²) in [6.07, 6.45) is 9.80. The summed E-state index contributed by atoms with van der Waals surface area (Å²) in [7, 11) is -3.15. The molecule has 1 heterocycles. The number of nitrogens with one attached hydrogen (secondary N) is 1. The molecule has 4 bridgehead atoms. The topological polar surface area (TPSA) is 69.7 Å². The summed E-state index contributed by atoms with van der Waals surface area (Å²) in [5, 5.41) is 3.21. The molecule has 1 saturated heterocycles. The third-order valence-electron chi connectivity index (χ3n) is 7.93. The molecule has 1 aliphatic heterocycles. The summed E-state index contributed by atoms with van der Waals surface area (Å²) < 4.78 is 25.1. The first-order valence-corrected chi connectivity index (χ1v) is 13.2. The van der Waals surface area contributed by atoms with Crippen LogP contribution >= 0.6 is 0 Å². The lowest BCUT2D eigenvalue weighted by Gasteiger charge is -2.56. The number of para-hydroxylation sites is 2. The molecule has 4 aliphatic carbocycles. The molecule has 4 saturated carbocycles. The van der Waals surface area contributed by atoms with Gasteiger partial charge in [0.2, 0.25) is 15.9 Å². The van der Waals surface area contributed by atoms with Crippen LogP contribution < -0.4 is 10.2 Å². The quantitative estimate of drug-likeness (QED) is 0.777. The molecule has 1 aromatic rings. The molecule has 7 heteroatoms. The lowest BCUT2D eigenvalue weighted by Crippen LogP contribution is -2.48. The number of carbonyl (C=O) groups is 1.